The van der Waals surface area contributed by atoms with E-state index in [1.807, 2.05) is 9.58 Å². The summed E-state index contributed by atoms with van der Waals surface area (Å²) in [7, 11) is 0. The number of amides is 2. The lowest BCUT2D eigenvalue weighted by molar-refractivity contribution is -0.137. The predicted octanol–water partition coefficient (Wildman–Crippen LogP) is 3.83. The standard InChI is InChI=1S/C22H27FN4O2/c1-15-6-8-16(9-7-15)22(29)26-10-3-11-27-20(14-26)19(13-24-27)21(28)25-18-5-2-4-17(23)12-18/h2,4-5,12-13,15-16H,3,6-11,14H2,1H3,(H,25,28). The van der Waals surface area contributed by atoms with Gasteiger partial charge in [0.1, 0.15) is 5.82 Å². The van der Waals surface area contributed by atoms with Gasteiger partial charge in [0.15, 0.2) is 0 Å². The van der Waals surface area contributed by atoms with Crippen LogP contribution in [0.1, 0.15) is 55.1 Å². The Morgan fingerprint density at radius 1 is 1.17 bits per heavy atom. The number of carbonyl (C=O) groups excluding carboxylic acids is 2. The molecule has 2 aliphatic rings. The first-order valence-corrected chi connectivity index (χ1v) is 10.4. The minimum absolute atomic E-state index is 0.0882. The number of halogens is 1. The molecule has 1 aliphatic carbocycles. The lowest BCUT2D eigenvalue weighted by Gasteiger charge is -2.30. The van der Waals surface area contributed by atoms with Gasteiger partial charge in [-0.05, 0) is 56.2 Å². The molecule has 2 amide bonds. The SMILES string of the molecule is CC1CCC(C(=O)N2CCCn3ncc(C(=O)Nc4cccc(F)c4)c3C2)CC1. The van der Waals surface area contributed by atoms with Gasteiger partial charge >= 0.3 is 0 Å². The van der Waals surface area contributed by atoms with Crippen molar-refractivity contribution in [3.8, 4) is 0 Å². The van der Waals surface area contributed by atoms with Gasteiger partial charge in [-0.3, -0.25) is 14.3 Å². The number of hydrogen-bond donors (Lipinski definition) is 1. The second-order valence-electron chi connectivity index (χ2n) is 8.26. The molecule has 7 heteroatoms. The minimum Gasteiger partial charge on any atom is -0.336 e. The van der Waals surface area contributed by atoms with Crippen molar-refractivity contribution in [1.82, 2.24) is 14.7 Å². The van der Waals surface area contributed by atoms with Crippen LogP contribution in [0.3, 0.4) is 0 Å². The average Bonchev–Trinajstić information content (AvgIpc) is 2.98. The summed E-state index contributed by atoms with van der Waals surface area (Å²) in [5.74, 6) is 0.240. The molecule has 2 aromatic rings. The van der Waals surface area contributed by atoms with Gasteiger partial charge in [-0.1, -0.05) is 13.0 Å². The van der Waals surface area contributed by atoms with Crippen molar-refractivity contribution in [2.45, 2.75) is 52.1 Å². The first-order chi connectivity index (χ1) is 14.0. The van der Waals surface area contributed by atoms with Crippen LogP contribution in [0.25, 0.3) is 0 Å². The molecular weight excluding hydrogens is 371 g/mol. The molecule has 0 radical (unpaired) electrons. The quantitative estimate of drug-likeness (QED) is 0.854. The number of rotatable bonds is 3. The molecule has 0 bridgehead atoms. The summed E-state index contributed by atoms with van der Waals surface area (Å²) in [6, 6.07) is 5.80. The molecule has 0 saturated heterocycles. The number of anilines is 1. The number of fused-ring (bicyclic) bond motifs is 1. The van der Waals surface area contributed by atoms with Gasteiger partial charge in [0, 0.05) is 24.7 Å². The summed E-state index contributed by atoms with van der Waals surface area (Å²) in [6.07, 6.45) is 6.45. The van der Waals surface area contributed by atoms with Crippen LogP contribution >= 0.6 is 0 Å². The molecule has 0 spiro atoms. The zero-order valence-electron chi connectivity index (χ0n) is 16.7. The fraction of sp³-hybridized carbons (Fsp3) is 0.500. The summed E-state index contributed by atoms with van der Waals surface area (Å²) in [5, 5.41) is 7.09. The number of nitrogens with one attached hydrogen (secondary N) is 1. The first kappa shape index (κ1) is 19.6. The Kier molecular flexibility index (Phi) is 5.65. The molecule has 2 heterocycles. The summed E-state index contributed by atoms with van der Waals surface area (Å²) in [5.41, 5.74) is 1.58. The lowest BCUT2D eigenvalue weighted by Crippen LogP contribution is -2.37. The number of nitrogens with zero attached hydrogens (tertiary/aromatic N) is 3. The van der Waals surface area contributed by atoms with Crippen molar-refractivity contribution in [1.29, 1.82) is 0 Å². The van der Waals surface area contributed by atoms with E-state index in [4.69, 9.17) is 0 Å². The van der Waals surface area contributed by atoms with Crippen molar-refractivity contribution < 1.29 is 14.0 Å². The van der Waals surface area contributed by atoms with Gasteiger partial charge in [0.25, 0.3) is 5.91 Å². The van der Waals surface area contributed by atoms with E-state index in [1.165, 1.54) is 12.1 Å². The molecule has 1 fully saturated rings. The Morgan fingerprint density at radius 3 is 2.72 bits per heavy atom. The van der Waals surface area contributed by atoms with Crippen LogP contribution < -0.4 is 5.32 Å². The van der Waals surface area contributed by atoms with Gasteiger partial charge in [-0.25, -0.2) is 4.39 Å². The van der Waals surface area contributed by atoms with E-state index in [1.54, 1.807) is 18.3 Å². The van der Waals surface area contributed by atoms with Gasteiger partial charge in [0.2, 0.25) is 5.91 Å². The number of hydrogen-bond acceptors (Lipinski definition) is 3. The van der Waals surface area contributed by atoms with Crippen LogP contribution in [0.2, 0.25) is 0 Å². The average molecular weight is 398 g/mol. The topological polar surface area (TPSA) is 67.2 Å². The number of benzene rings is 1. The van der Waals surface area contributed by atoms with Gasteiger partial charge in [0.05, 0.1) is 24.0 Å². The van der Waals surface area contributed by atoms with Crippen LogP contribution in [-0.2, 0) is 17.9 Å². The first-order valence-electron chi connectivity index (χ1n) is 10.4. The largest absolute Gasteiger partial charge is 0.336 e. The molecule has 6 nitrogen and oxygen atoms in total. The zero-order valence-corrected chi connectivity index (χ0v) is 16.7. The Hall–Kier alpha value is -2.70. The molecule has 4 rings (SSSR count). The highest BCUT2D eigenvalue weighted by Crippen LogP contribution is 2.30. The van der Waals surface area contributed by atoms with E-state index in [0.29, 0.717) is 36.8 Å². The maximum absolute atomic E-state index is 13.4. The molecule has 0 atom stereocenters. The summed E-state index contributed by atoms with van der Waals surface area (Å²) < 4.78 is 15.2. The fourth-order valence-electron chi connectivity index (χ4n) is 4.35. The smallest absolute Gasteiger partial charge is 0.259 e. The minimum atomic E-state index is -0.407. The maximum atomic E-state index is 13.4. The summed E-state index contributed by atoms with van der Waals surface area (Å²) in [6.45, 7) is 3.98. The molecule has 1 saturated carbocycles. The number of carbonyl (C=O) groups is 2. The van der Waals surface area contributed by atoms with E-state index in [0.717, 1.165) is 37.8 Å². The Balaban J connectivity index is 1.50. The number of aromatic nitrogens is 2. The highest BCUT2D eigenvalue weighted by Gasteiger charge is 2.31. The summed E-state index contributed by atoms with van der Waals surface area (Å²) >= 11 is 0. The van der Waals surface area contributed by atoms with E-state index in [2.05, 4.69) is 17.3 Å². The van der Waals surface area contributed by atoms with E-state index < -0.39 is 5.82 Å². The lowest BCUT2D eigenvalue weighted by atomic mass is 9.82. The molecule has 1 N–H and O–H groups in total. The maximum Gasteiger partial charge on any atom is 0.259 e. The highest BCUT2D eigenvalue weighted by atomic mass is 19.1. The fourth-order valence-corrected chi connectivity index (χ4v) is 4.35. The molecule has 1 aromatic carbocycles. The molecule has 1 aromatic heterocycles. The van der Waals surface area contributed by atoms with Crippen molar-refractivity contribution >= 4 is 17.5 Å². The predicted molar refractivity (Wildman–Crippen MR) is 108 cm³/mol. The highest BCUT2D eigenvalue weighted by molar-refractivity contribution is 6.05. The van der Waals surface area contributed by atoms with Crippen molar-refractivity contribution in [3.05, 3.63) is 47.5 Å². The second kappa shape index (κ2) is 8.35. The van der Waals surface area contributed by atoms with E-state index in [9.17, 15) is 14.0 Å². The third-order valence-corrected chi connectivity index (χ3v) is 6.09. The second-order valence-corrected chi connectivity index (χ2v) is 8.26. The van der Waals surface area contributed by atoms with Gasteiger partial charge < -0.3 is 10.2 Å². The molecule has 0 unspecified atom stereocenters. The van der Waals surface area contributed by atoms with Crippen LogP contribution in [0, 0.1) is 17.7 Å². The normalized spacial score (nSPS) is 21.9. The van der Waals surface area contributed by atoms with Crippen LogP contribution in [0.4, 0.5) is 10.1 Å². The van der Waals surface area contributed by atoms with Crippen molar-refractivity contribution in [2.75, 3.05) is 11.9 Å². The van der Waals surface area contributed by atoms with Crippen molar-refractivity contribution in [2.24, 2.45) is 11.8 Å². The third kappa shape index (κ3) is 4.33. The Labute approximate surface area is 170 Å². The van der Waals surface area contributed by atoms with Crippen molar-refractivity contribution in [3.63, 3.8) is 0 Å². The molecular formula is C22H27FN4O2. The summed E-state index contributed by atoms with van der Waals surface area (Å²) in [4.78, 5) is 27.8. The monoisotopic (exact) mass is 398 g/mol. The molecule has 154 valence electrons. The Morgan fingerprint density at radius 2 is 1.97 bits per heavy atom. The number of aryl methyl sites for hydroxylation is 1. The van der Waals surface area contributed by atoms with Crippen LogP contribution in [0.15, 0.2) is 30.5 Å². The molecule has 29 heavy (non-hydrogen) atoms. The molecule has 1 aliphatic heterocycles. The van der Waals surface area contributed by atoms with Crippen LogP contribution in [0.5, 0.6) is 0 Å². The van der Waals surface area contributed by atoms with E-state index >= 15 is 0 Å². The van der Waals surface area contributed by atoms with E-state index in [-0.39, 0.29) is 17.7 Å². The Bertz CT molecular complexity index is 902. The zero-order chi connectivity index (χ0) is 20.4. The van der Waals surface area contributed by atoms with Gasteiger partial charge in [-0.2, -0.15) is 5.10 Å². The third-order valence-electron chi connectivity index (χ3n) is 6.09. The van der Waals surface area contributed by atoms with Gasteiger partial charge in [-0.15, -0.1) is 0 Å². The van der Waals surface area contributed by atoms with Crippen LogP contribution in [-0.4, -0.2) is 33.0 Å².